The van der Waals surface area contributed by atoms with Gasteiger partial charge in [-0.25, -0.2) is 9.48 Å². The highest BCUT2D eigenvalue weighted by molar-refractivity contribution is 5.93. The Labute approximate surface area is 193 Å². The zero-order chi connectivity index (χ0) is 25.1. The second kappa shape index (κ2) is 7.69. The number of hydrogen-bond acceptors (Lipinski definition) is 3. The Balaban J connectivity index is 1.85. The Kier molecular flexibility index (Phi) is 4.97. The largest absolute Gasteiger partial charge is 0.476 e. The number of fused-ring (bicyclic) bond motifs is 3. The number of carbonyl (C=O) groups is 1. The molecular weight excluding hydrogens is 476 g/mol. The molecule has 5 rings (SSSR count). The molecule has 3 aromatic carbocycles. The van der Waals surface area contributed by atoms with Crippen LogP contribution in [0.25, 0.3) is 28.1 Å². The van der Waals surface area contributed by atoms with Gasteiger partial charge in [-0.05, 0) is 40.5 Å². The third kappa shape index (κ3) is 3.72. The maximum Gasteiger partial charge on any atom is 0.417 e. The first-order valence-corrected chi connectivity index (χ1v) is 10.1. The lowest BCUT2D eigenvalue weighted by molar-refractivity contribution is -0.137. The molecule has 1 N–H and O–H groups in total. The van der Waals surface area contributed by atoms with Crippen LogP contribution in [0.15, 0.2) is 60.7 Å². The fourth-order valence-corrected chi connectivity index (χ4v) is 4.36. The van der Waals surface area contributed by atoms with Crippen molar-refractivity contribution in [2.45, 2.75) is 18.8 Å². The first-order valence-electron chi connectivity index (χ1n) is 10.1. The maximum atomic E-state index is 13.9. The summed E-state index contributed by atoms with van der Waals surface area (Å²) in [6, 6.07) is 12.8. The molecule has 4 aromatic rings. The molecular formula is C24H13F6N3O2. The number of nitrogens with zero attached hydrogens (tertiary/aromatic N) is 3. The van der Waals surface area contributed by atoms with Crippen molar-refractivity contribution in [3.05, 3.63) is 88.6 Å². The van der Waals surface area contributed by atoms with Gasteiger partial charge in [-0.15, -0.1) is 5.10 Å². The number of aromatic nitrogens is 3. The van der Waals surface area contributed by atoms with Gasteiger partial charge in [0.2, 0.25) is 0 Å². The average molecular weight is 489 g/mol. The number of hydrogen-bond donors (Lipinski definition) is 1. The second-order valence-electron chi connectivity index (χ2n) is 7.90. The molecule has 0 bridgehead atoms. The van der Waals surface area contributed by atoms with E-state index in [0.717, 1.165) is 16.8 Å². The molecule has 0 aliphatic heterocycles. The van der Waals surface area contributed by atoms with Crippen molar-refractivity contribution in [1.29, 1.82) is 0 Å². The average Bonchev–Trinajstić information content (AvgIpc) is 3.39. The lowest BCUT2D eigenvalue weighted by Crippen LogP contribution is -2.11. The van der Waals surface area contributed by atoms with Crippen LogP contribution in [0.2, 0.25) is 0 Å². The molecule has 1 aliphatic rings. The van der Waals surface area contributed by atoms with Gasteiger partial charge >= 0.3 is 18.3 Å². The van der Waals surface area contributed by atoms with Gasteiger partial charge in [0, 0.05) is 12.0 Å². The normalized spacial score (nSPS) is 13.0. The summed E-state index contributed by atoms with van der Waals surface area (Å²) in [6.07, 6.45) is -9.78. The van der Waals surface area contributed by atoms with E-state index in [0.29, 0.717) is 11.6 Å². The summed E-state index contributed by atoms with van der Waals surface area (Å²) >= 11 is 0. The van der Waals surface area contributed by atoms with Gasteiger partial charge in [-0.1, -0.05) is 47.7 Å². The van der Waals surface area contributed by atoms with E-state index in [1.54, 1.807) is 18.2 Å². The quantitative estimate of drug-likeness (QED) is 0.305. The van der Waals surface area contributed by atoms with E-state index in [-0.39, 0.29) is 40.1 Å². The first kappa shape index (κ1) is 22.6. The lowest BCUT2D eigenvalue weighted by Gasteiger charge is -2.17. The van der Waals surface area contributed by atoms with E-state index >= 15 is 0 Å². The number of benzene rings is 3. The van der Waals surface area contributed by atoms with Gasteiger partial charge in [0.25, 0.3) is 0 Å². The van der Waals surface area contributed by atoms with Crippen molar-refractivity contribution < 1.29 is 36.2 Å². The zero-order valence-corrected chi connectivity index (χ0v) is 17.4. The molecule has 0 amide bonds. The Hall–Kier alpha value is -4.15. The number of carboxylic acid groups (broad SMARTS) is 1. The van der Waals surface area contributed by atoms with Crippen LogP contribution in [-0.2, 0) is 18.8 Å². The summed E-state index contributed by atoms with van der Waals surface area (Å²) < 4.78 is 83.8. The second-order valence-corrected chi connectivity index (χ2v) is 7.90. The fraction of sp³-hybridized carbons (Fsp3) is 0.125. The minimum absolute atomic E-state index is 0.0911. The number of halogens is 6. The highest BCUT2D eigenvalue weighted by Gasteiger charge is 2.40. The van der Waals surface area contributed by atoms with Crippen molar-refractivity contribution in [2.24, 2.45) is 0 Å². The van der Waals surface area contributed by atoms with Gasteiger partial charge < -0.3 is 5.11 Å². The molecule has 1 heterocycles. The van der Waals surface area contributed by atoms with Crippen LogP contribution in [0.1, 0.15) is 32.7 Å². The minimum atomic E-state index is -4.89. The van der Waals surface area contributed by atoms with Gasteiger partial charge in [-0.3, -0.25) is 0 Å². The van der Waals surface area contributed by atoms with E-state index in [4.69, 9.17) is 0 Å². The standard InChI is InChI=1S/C24H13F6N3O2/c25-23(26,27)14-10-16-15(9-13-7-4-8-17(19(13)16)24(28,29)30)18(11-14)33-21(12-5-2-1-3-6-12)20(22(34)35)31-32-33/h1-8,10-11H,9H2,(H,34,35). The van der Waals surface area contributed by atoms with Crippen LogP contribution in [0.3, 0.4) is 0 Å². The van der Waals surface area contributed by atoms with Crippen molar-refractivity contribution in [2.75, 3.05) is 0 Å². The Morgan fingerprint density at radius 3 is 2.26 bits per heavy atom. The molecule has 0 fully saturated rings. The molecule has 5 nitrogen and oxygen atoms in total. The summed E-state index contributed by atoms with van der Waals surface area (Å²) in [5.74, 6) is -1.46. The third-order valence-corrected chi connectivity index (χ3v) is 5.79. The number of alkyl halides is 6. The molecule has 0 saturated heterocycles. The number of carboxylic acids is 1. The Bertz CT molecular complexity index is 1470. The highest BCUT2D eigenvalue weighted by atomic mass is 19.4. The molecule has 35 heavy (non-hydrogen) atoms. The molecule has 1 aliphatic carbocycles. The van der Waals surface area contributed by atoms with Crippen LogP contribution in [0.4, 0.5) is 26.3 Å². The summed E-state index contributed by atoms with van der Waals surface area (Å²) in [4.78, 5) is 11.8. The van der Waals surface area contributed by atoms with E-state index in [1.165, 1.54) is 24.3 Å². The van der Waals surface area contributed by atoms with Crippen molar-refractivity contribution in [1.82, 2.24) is 15.0 Å². The lowest BCUT2D eigenvalue weighted by atomic mass is 9.96. The summed E-state index contributed by atoms with van der Waals surface area (Å²) in [5.41, 5.74) is -2.93. The number of aromatic carboxylic acids is 1. The predicted molar refractivity (Wildman–Crippen MR) is 112 cm³/mol. The monoisotopic (exact) mass is 489 g/mol. The van der Waals surface area contributed by atoms with Gasteiger partial charge in [-0.2, -0.15) is 26.3 Å². The van der Waals surface area contributed by atoms with Gasteiger partial charge in [0.05, 0.1) is 16.8 Å². The predicted octanol–water partition coefficient (Wildman–Crippen LogP) is 6.24. The van der Waals surface area contributed by atoms with E-state index in [2.05, 4.69) is 10.3 Å². The zero-order valence-electron chi connectivity index (χ0n) is 17.4. The molecule has 0 unspecified atom stereocenters. The van der Waals surface area contributed by atoms with Crippen LogP contribution in [0.5, 0.6) is 0 Å². The summed E-state index contributed by atoms with van der Waals surface area (Å²) in [5, 5.41) is 17.1. The smallest absolute Gasteiger partial charge is 0.417 e. The van der Waals surface area contributed by atoms with Crippen LogP contribution in [0, 0.1) is 0 Å². The summed E-state index contributed by atoms with van der Waals surface area (Å²) in [6.45, 7) is 0. The highest BCUT2D eigenvalue weighted by Crippen LogP contribution is 2.48. The third-order valence-electron chi connectivity index (χ3n) is 5.79. The van der Waals surface area contributed by atoms with E-state index in [9.17, 15) is 36.2 Å². The first-order chi connectivity index (χ1) is 16.5. The molecule has 1 aromatic heterocycles. The van der Waals surface area contributed by atoms with Crippen LogP contribution in [-0.4, -0.2) is 26.1 Å². The molecule has 0 radical (unpaired) electrons. The Morgan fingerprint density at radius 1 is 0.914 bits per heavy atom. The van der Waals surface area contributed by atoms with Crippen molar-refractivity contribution in [3.63, 3.8) is 0 Å². The fourth-order valence-electron chi connectivity index (χ4n) is 4.36. The minimum Gasteiger partial charge on any atom is -0.476 e. The molecule has 178 valence electrons. The maximum absolute atomic E-state index is 13.9. The van der Waals surface area contributed by atoms with E-state index in [1.807, 2.05) is 0 Å². The van der Waals surface area contributed by atoms with Crippen molar-refractivity contribution in [3.8, 4) is 28.1 Å². The van der Waals surface area contributed by atoms with Crippen LogP contribution >= 0.6 is 0 Å². The topological polar surface area (TPSA) is 68.0 Å². The van der Waals surface area contributed by atoms with Gasteiger partial charge in [0.1, 0.15) is 5.69 Å². The SMILES string of the molecule is O=C(O)c1nnn(-c2cc(C(F)(F)F)cc3c2Cc2cccc(C(F)(F)F)c2-3)c1-c1ccccc1. The number of rotatable bonds is 3. The summed E-state index contributed by atoms with van der Waals surface area (Å²) in [7, 11) is 0. The molecule has 0 atom stereocenters. The molecule has 0 spiro atoms. The molecule has 0 saturated carbocycles. The van der Waals surface area contributed by atoms with Gasteiger partial charge in [0.15, 0.2) is 5.69 Å². The Morgan fingerprint density at radius 2 is 1.63 bits per heavy atom. The van der Waals surface area contributed by atoms with Crippen LogP contribution < -0.4 is 0 Å². The van der Waals surface area contributed by atoms with Crippen molar-refractivity contribution >= 4 is 5.97 Å². The molecule has 11 heteroatoms. The van der Waals surface area contributed by atoms with E-state index < -0.39 is 35.1 Å².